The van der Waals surface area contributed by atoms with Gasteiger partial charge >= 0.3 is 0 Å². The van der Waals surface area contributed by atoms with Crippen molar-refractivity contribution in [2.45, 2.75) is 71.1 Å². The van der Waals surface area contributed by atoms with E-state index in [-0.39, 0.29) is 0 Å². The van der Waals surface area contributed by atoms with Gasteiger partial charge in [-0.05, 0) is 31.6 Å². The summed E-state index contributed by atoms with van der Waals surface area (Å²) in [7, 11) is 0. The summed E-state index contributed by atoms with van der Waals surface area (Å²) in [5.74, 6) is 0.658. The van der Waals surface area contributed by atoms with Crippen molar-refractivity contribution in [2.24, 2.45) is 5.92 Å². The van der Waals surface area contributed by atoms with Crippen LogP contribution in [-0.2, 0) is 0 Å². The molecule has 1 aliphatic carbocycles. The van der Waals surface area contributed by atoms with Gasteiger partial charge in [0.2, 0.25) is 0 Å². The maximum atomic E-state index is 8.02. The quantitative estimate of drug-likeness (QED) is 0.474. The van der Waals surface area contributed by atoms with E-state index in [9.17, 15) is 0 Å². The maximum absolute atomic E-state index is 8.02. The fourth-order valence-corrected chi connectivity index (χ4v) is 2.40. The summed E-state index contributed by atoms with van der Waals surface area (Å²) in [4.78, 5) is 0. The zero-order valence-electron chi connectivity index (χ0n) is 9.65. The first kappa shape index (κ1) is 11.7. The largest absolute Gasteiger partial charge is 0.309 e. The van der Waals surface area contributed by atoms with Gasteiger partial charge in [0.05, 0.1) is 0 Å². The number of rotatable bonds is 6. The molecule has 82 valence electrons. The van der Waals surface area contributed by atoms with E-state index < -0.39 is 0 Å². The van der Waals surface area contributed by atoms with E-state index >= 15 is 0 Å². The lowest BCUT2D eigenvalue weighted by molar-refractivity contribution is 0.432. The second-order valence-electron chi connectivity index (χ2n) is 4.67. The molecule has 0 radical (unpaired) electrons. The SMILES string of the molecule is CCCCCCC(=N)C1CCCCC1. The number of hydrogen-bond acceptors (Lipinski definition) is 1. The molecule has 0 aromatic heterocycles. The van der Waals surface area contributed by atoms with Crippen LogP contribution in [0.3, 0.4) is 0 Å². The minimum atomic E-state index is 0.658. The molecule has 1 fully saturated rings. The summed E-state index contributed by atoms with van der Waals surface area (Å²) in [6.07, 6.45) is 13.0. The lowest BCUT2D eigenvalue weighted by atomic mass is 9.84. The van der Waals surface area contributed by atoms with Crippen molar-refractivity contribution >= 4 is 5.71 Å². The van der Waals surface area contributed by atoms with Gasteiger partial charge in [-0.1, -0.05) is 45.4 Å². The molecule has 0 saturated heterocycles. The van der Waals surface area contributed by atoms with Crippen molar-refractivity contribution in [3.8, 4) is 0 Å². The minimum Gasteiger partial charge on any atom is -0.309 e. The van der Waals surface area contributed by atoms with Crippen molar-refractivity contribution < 1.29 is 0 Å². The third kappa shape index (κ3) is 4.26. The second kappa shape index (κ2) is 7.03. The highest BCUT2D eigenvalue weighted by molar-refractivity contribution is 5.83. The van der Waals surface area contributed by atoms with Crippen LogP contribution in [0.1, 0.15) is 71.1 Å². The average molecular weight is 195 g/mol. The van der Waals surface area contributed by atoms with Crippen LogP contribution >= 0.6 is 0 Å². The predicted octanol–water partition coefficient (Wildman–Crippen LogP) is 4.56. The second-order valence-corrected chi connectivity index (χ2v) is 4.67. The van der Waals surface area contributed by atoms with Crippen LogP contribution in [0.4, 0.5) is 0 Å². The van der Waals surface area contributed by atoms with E-state index in [4.69, 9.17) is 5.41 Å². The highest BCUT2D eigenvalue weighted by Crippen LogP contribution is 2.26. The van der Waals surface area contributed by atoms with Crippen LogP contribution in [0, 0.1) is 11.3 Å². The smallest absolute Gasteiger partial charge is 0.0120 e. The maximum Gasteiger partial charge on any atom is 0.0120 e. The van der Waals surface area contributed by atoms with E-state index in [0.29, 0.717) is 5.92 Å². The predicted molar refractivity (Wildman–Crippen MR) is 63.1 cm³/mol. The standard InChI is InChI=1S/C13H25N/c1-2-3-4-8-11-13(14)12-9-6-5-7-10-12/h12,14H,2-11H2,1H3. The van der Waals surface area contributed by atoms with Gasteiger partial charge in [0.1, 0.15) is 0 Å². The Bertz CT molecular complexity index is 157. The highest BCUT2D eigenvalue weighted by atomic mass is 14.4. The molecule has 14 heavy (non-hydrogen) atoms. The Labute approximate surface area is 88.8 Å². The normalized spacial score (nSPS) is 18.4. The molecule has 0 unspecified atom stereocenters. The summed E-state index contributed by atoms with van der Waals surface area (Å²) in [6.45, 7) is 2.24. The third-order valence-corrected chi connectivity index (χ3v) is 3.40. The van der Waals surface area contributed by atoms with Crippen molar-refractivity contribution in [2.75, 3.05) is 0 Å². The van der Waals surface area contributed by atoms with E-state index in [1.807, 2.05) is 0 Å². The molecule has 0 spiro atoms. The molecule has 0 aliphatic heterocycles. The van der Waals surface area contributed by atoms with Gasteiger partial charge in [-0.3, -0.25) is 0 Å². The lowest BCUT2D eigenvalue weighted by Gasteiger charge is -2.22. The Kier molecular flexibility index (Phi) is 5.89. The van der Waals surface area contributed by atoms with Crippen molar-refractivity contribution in [3.63, 3.8) is 0 Å². The van der Waals surface area contributed by atoms with Crippen LogP contribution in [-0.4, -0.2) is 5.71 Å². The molecule has 0 atom stereocenters. The monoisotopic (exact) mass is 195 g/mol. The summed E-state index contributed by atoms with van der Waals surface area (Å²) in [6, 6.07) is 0. The number of nitrogens with one attached hydrogen (secondary N) is 1. The van der Waals surface area contributed by atoms with Crippen molar-refractivity contribution in [1.82, 2.24) is 0 Å². The molecule has 1 nitrogen and oxygen atoms in total. The number of hydrogen-bond donors (Lipinski definition) is 1. The van der Waals surface area contributed by atoms with Crippen molar-refractivity contribution in [3.05, 3.63) is 0 Å². The van der Waals surface area contributed by atoms with E-state index in [1.54, 1.807) is 0 Å². The zero-order chi connectivity index (χ0) is 10.2. The summed E-state index contributed by atoms with van der Waals surface area (Å²) >= 11 is 0. The molecule has 0 aromatic carbocycles. The summed E-state index contributed by atoms with van der Waals surface area (Å²) < 4.78 is 0. The molecule has 1 saturated carbocycles. The van der Waals surface area contributed by atoms with Gasteiger partial charge in [0.25, 0.3) is 0 Å². The lowest BCUT2D eigenvalue weighted by Crippen LogP contribution is -2.16. The van der Waals surface area contributed by atoms with Gasteiger partial charge < -0.3 is 5.41 Å². The Morgan fingerprint density at radius 2 is 1.79 bits per heavy atom. The molecule has 1 N–H and O–H groups in total. The van der Waals surface area contributed by atoms with Crippen LogP contribution in [0.15, 0.2) is 0 Å². The molecule has 0 amide bonds. The first-order valence-corrected chi connectivity index (χ1v) is 6.42. The topological polar surface area (TPSA) is 23.9 Å². The van der Waals surface area contributed by atoms with Crippen LogP contribution in [0.25, 0.3) is 0 Å². The van der Waals surface area contributed by atoms with Gasteiger partial charge in [-0.2, -0.15) is 0 Å². The van der Waals surface area contributed by atoms with Gasteiger partial charge in [-0.25, -0.2) is 0 Å². The Morgan fingerprint density at radius 1 is 1.07 bits per heavy atom. The molecule has 0 bridgehead atoms. The average Bonchev–Trinajstić information content (AvgIpc) is 2.25. The van der Waals surface area contributed by atoms with Crippen LogP contribution in [0.5, 0.6) is 0 Å². The fourth-order valence-electron chi connectivity index (χ4n) is 2.40. The first-order chi connectivity index (χ1) is 6.84. The molecule has 0 heterocycles. The fraction of sp³-hybridized carbons (Fsp3) is 0.923. The summed E-state index contributed by atoms with van der Waals surface area (Å²) in [5, 5.41) is 8.02. The molecule has 1 heteroatoms. The number of unbranched alkanes of at least 4 members (excludes halogenated alkanes) is 3. The first-order valence-electron chi connectivity index (χ1n) is 6.42. The van der Waals surface area contributed by atoms with E-state index in [2.05, 4.69) is 6.92 Å². The molecular formula is C13H25N. The minimum absolute atomic E-state index is 0.658. The zero-order valence-corrected chi connectivity index (χ0v) is 9.65. The molecule has 1 aliphatic rings. The van der Waals surface area contributed by atoms with Gasteiger partial charge in [0, 0.05) is 5.71 Å². The van der Waals surface area contributed by atoms with Crippen LogP contribution < -0.4 is 0 Å². The Morgan fingerprint density at radius 3 is 2.43 bits per heavy atom. The third-order valence-electron chi connectivity index (χ3n) is 3.40. The van der Waals surface area contributed by atoms with E-state index in [0.717, 1.165) is 12.1 Å². The van der Waals surface area contributed by atoms with Gasteiger partial charge in [0.15, 0.2) is 0 Å². The van der Waals surface area contributed by atoms with Crippen molar-refractivity contribution in [1.29, 1.82) is 5.41 Å². The van der Waals surface area contributed by atoms with E-state index in [1.165, 1.54) is 57.8 Å². The Balaban J connectivity index is 2.07. The molecule has 0 aromatic rings. The summed E-state index contributed by atoms with van der Waals surface area (Å²) in [5.41, 5.74) is 1.06. The van der Waals surface area contributed by atoms with Gasteiger partial charge in [-0.15, -0.1) is 0 Å². The molecular weight excluding hydrogens is 170 g/mol. The highest BCUT2D eigenvalue weighted by Gasteiger charge is 2.17. The Hall–Kier alpha value is -0.330. The molecule has 1 rings (SSSR count). The van der Waals surface area contributed by atoms with Crippen LogP contribution in [0.2, 0.25) is 0 Å².